The zero-order valence-electron chi connectivity index (χ0n) is 14.6. The van der Waals surface area contributed by atoms with Gasteiger partial charge >= 0.3 is 0 Å². The average molecular weight is 330 g/mol. The van der Waals surface area contributed by atoms with Crippen molar-refractivity contribution in [1.82, 2.24) is 9.97 Å². The summed E-state index contributed by atoms with van der Waals surface area (Å²) in [6.45, 7) is 5.41. The van der Waals surface area contributed by atoms with Crippen LogP contribution in [0, 0.1) is 0 Å². The Morgan fingerprint density at radius 2 is 1.64 bits per heavy atom. The molecule has 0 saturated heterocycles. The molecule has 2 aromatic carbocycles. The summed E-state index contributed by atoms with van der Waals surface area (Å²) in [4.78, 5) is 11.5. The summed E-state index contributed by atoms with van der Waals surface area (Å²) in [5.74, 6) is 1.58. The zero-order chi connectivity index (χ0) is 17.3. The molecule has 3 aromatic rings. The van der Waals surface area contributed by atoms with Gasteiger partial charge in [0.05, 0.1) is 0 Å². The van der Waals surface area contributed by atoms with Crippen molar-refractivity contribution in [3.63, 3.8) is 0 Å². The SMILES string of the molecule is CC1(C)Cc2ccccc2CN1c1ccnc(Nc2ccccc2)n1. The van der Waals surface area contributed by atoms with Crippen LogP contribution in [0.1, 0.15) is 25.0 Å². The number of nitrogens with one attached hydrogen (secondary N) is 1. The molecule has 0 saturated carbocycles. The summed E-state index contributed by atoms with van der Waals surface area (Å²) in [6, 6.07) is 20.7. The van der Waals surface area contributed by atoms with E-state index in [9.17, 15) is 0 Å². The Kier molecular flexibility index (Phi) is 3.88. The van der Waals surface area contributed by atoms with Gasteiger partial charge in [0.1, 0.15) is 5.82 Å². The lowest BCUT2D eigenvalue weighted by Crippen LogP contribution is -2.49. The van der Waals surface area contributed by atoms with Gasteiger partial charge in [0.2, 0.25) is 5.95 Å². The largest absolute Gasteiger partial charge is 0.347 e. The molecule has 0 radical (unpaired) electrons. The van der Waals surface area contributed by atoms with Crippen LogP contribution in [0.4, 0.5) is 17.5 Å². The van der Waals surface area contributed by atoms with Crippen LogP contribution in [-0.2, 0) is 13.0 Å². The predicted molar refractivity (Wildman–Crippen MR) is 102 cm³/mol. The van der Waals surface area contributed by atoms with E-state index in [4.69, 9.17) is 4.98 Å². The van der Waals surface area contributed by atoms with Crippen molar-refractivity contribution in [1.29, 1.82) is 0 Å². The highest BCUT2D eigenvalue weighted by atomic mass is 15.3. The highest BCUT2D eigenvalue weighted by molar-refractivity contribution is 5.56. The average Bonchev–Trinajstić information content (AvgIpc) is 2.61. The molecule has 0 bridgehead atoms. The minimum absolute atomic E-state index is 0.00667. The van der Waals surface area contributed by atoms with Gasteiger partial charge in [0, 0.05) is 24.0 Å². The number of rotatable bonds is 3. The minimum Gasteiger partial charge on any atom is -0.347 e. The number of aromatic nitrogens is 2. The minimum atomic E-state index is 0.00667. The third-order valence-electron chi connectivity index (χ3n) is 4.75. The van der Waals surface area contributed by atoms with Gasteiger partial charge in [0.15, 0.2) is 0 Å². The number of hydrogen-bond donors (Lipinski definition) is 1. The second-order valence-corrected chi connectivity index (χ2v) is 7.07. The fraction of sp³-hybridized carbons (Fsp3) is 0.238. The highest BCUT2D eigenvalue weighted by Gasteiger charge is 2.33. The molecule has 2 heterocycles. The molecule has 1 aliphatic heterocycles. The first kappa shape index (κ1) is 15.6. The predicted octanol–water partition coefficient (Wildman–Crippen LogP) is 4.56. The maximum atomic E-state index is 4.76. The Labute approximate surface area is 148 Å². The summed E-state index contributed by atoms with van der Waals surface area (Å²) < 4.78 is 0. The molecule has 0 fully saturated rings. The fourth-order valence-corrected chi connectivity index (χ4v) is 3.43. The quantitative estimate of drug-likeness (QED) is 0.764. The third-order valence-corrected chi connectivity index (χ3v) is 4.75. The van der Waals surface area contributed by atoms with Gasteiger partial charge in [-0.2, -0.15) is 4.98 Å². The fourth-order valence-electron chi connectivity index (χ4n) is 3.43. The Morgan fingerprint density at radius 3 is 2.44 bits per heavy atom. The second-order valence-electron chi connectivity index (χ2n) is 7.07. The van der Waals surface area contributed by atoms with Crippen molar-refractivity contribution in [2.45, 2.75) is 32.4 Å². The van der Waals surface area contributed by atoms with E-state index in [1.165, 1.54) is 11.1 Å². The van der Waals surface area contributed by atoms with Crippen molar-refractivity contribution in [3.05, 3.63) is 78.0 Å². The lowest BCUT2D eigenvalue weighted by atomic mass is 9.85. The molecule has 1 N–H and O–H groups in total. The van der Waals surface area contributed by atoms with Crippen LogP contribution < -0.4 is 10.2 Å². The molecule has 1 aromatic heterocycles. The van der Waals surface area contributed by atoms with Crippen molar-refractivity contribution in [2.24, 2.45) is 0 Å². The topological polar surface area (TPSA) is 41.1 Å². The van der Waals surface area contributed by atoms with Crippen molar-refractivity contribution in [2.75, 3.05) is 10.2 Å². The van der Waals surface area contributed by atoms with Crippen molar-refractivity contribution < 1.29 is 0 Å². The van der Waals surface area contributed by atoms with Crippen LogP contribution in [-0.4, -0.2) is 15.5 Å². The van der Waals surface area contributed by atoms with E-state index >= 15 is 0 Å². The molecule has 4 heteroatoms. The van der Waals surface area contributed by atoms with Gasteiger partial charge in [0.25, 0.3) is 0 Å². The van der Waals surface area contributed by atoms with Crippen LogP contribution in [0.5, 0.6) is 0 Å². The Bertz CT molecular complexity index is 874. The van der Waals surface area contributed by atoms with Gasteiger partial charge < -0.3 is 10.2 Å². The third kappa shape index (κ3) is 3.20. The van der Waals surface area contributed by atoms with E-state index in [0.717, 1.165) is 24.5 Å². The number of hydrogen-bond acceptors (Lipinski definition) is 4. The maximum Gasteiger partial charge on any atom is 0.229 e. The number of anilines is 3. The van der Waals surface area contributed by atoms with E-state index < -0.39 is 0 Å². The molecule has 4 nitrogen and oxygen atoms in total. The number of benzene rings is 2. The first-order valence-corrected chi connectivity index (χ1v) is 8.61. The van der Waals surface area contributed by atoms with Crippen LogP contribution in [0.15, 0.2) is 66.9 Å². The molecule has 4 rings (SSSR count). The Balaban J connectivity index is 1.64. The lowest BCUT2D eigenvalue weighted by Gasteiger charge is -2.44. The van der Waals surface area contributed by atoms with E-state index in [2.05, 4.69) is 53.3 Å². The molecular weight excluding hydrogens is 308 g/mol. The Morgan fingerprint density at radius 1 is 0.920 bits per heavy atom. The Hall–Kier alpha value is -2.88. The molecule has 1 aliphatic rings. The smallest absolute Gasteiger partial charge is 0.229 e. The molecule has 0 unspecified atom stereocenters. The molecule has 0 aliphatic carbocycles. The van der Waals surface area contributed by atoms with E-state index in [1.54, 1.807) is 0 Å². The first-order valence-electron chi connectivity index (χ1n) is 8.61. The zero-order valence-corrected chi connectivity index (χ0v) is 14.6. The van der Waals surface area contributed by atoms with E-state index in [-0.39, 0.29) is 5.54 Å². The highest BCUT2D eigenvalue weighted by Crippen LogP contribution is 2.34. The van der Waals surface area contributed by atoms with Gasteiger partial charge in [-0.15, -0.1) is 0 Å². The maximum absolute atomic E-state index is 4.76. The van der Waals surface area contributed by atoms with Crippen LogP contribution in [0.2, 0.25) is 0 Å². The van der Waals surface area contributed by atoms with E-state index in [1.807, 2.05) is 42.6 Å². The van der Waals surface area contributed by atoms with E-state index in [0.29, 0.717) is 5.95 Å². The van der Waals surface area contributed by atoms with Crippen molar-refractivity contribution in [3.8, 4) is 0 Å². The second kappa shape index (κ2) is 6.20. The standard InChI is InChI=1S/C21H22N4/c1-21(2)14-16-8-6-7-9-17(16)15-25(21)19-12-13-22-20(24-19)23-18-10-4-3-5-11-18/h3-13H,14-15H2,1-2H3,(H,22,23,24). The lowest BCUT2D eigenvalue weighted by molar-refractivity contribution is 0.427. The molecule has 25 heavy (non-hydrogen) atoms. The number of para-hydroxylation sites is 1. The first-order chi connectivity index (χ1) is 12.1. The molecular formula is C21H22N4. The van der Waals surface area contributed by atoms with Gasteiger partial charge in [-0.25, -0.2) is 4.98 Å². The van der Waals surface area contributed by atoms with Gasteiger partial charge in [-0.1, -0.05) is 42.5 Å². The number of fused-ring (bicyclic) bond motifs is 1. The summed E-state index contributed by atoms with van der Waals surface area (Å²) in [6.07, 6.45) is 2.83. The monoisotopic (exact) mass is 330 g/mol. The molecule has 0 spiro atoms. The normalized spacial score (nSPS) is 15.5. The van der Waals surface area contributed by atoms with Crippen molar-refractivity contribution >= 4 is 17.5 Å². The van der Waals surface area contributed by atoms with Crippen LogP contribution in [0.25, 0.3) is 0 Å². The van der Waals surface area contributed by atoms with Gasteiger partial charge in [-0.05, 0) is 49.6 Å². The summed E-state index contributed by atoms with van der Waals surface area (Å²) in [5, 5.41) is 3.28. The molecule has 0 amide bonds. The van der Waals surface area contributed by atoms with Gasteiger partial charge in [-0.3, -0.25) is 0 Å². The molecule has 126 valence electrons. The summed E-state index contributed by atoms with van der Waals surface area (Å²) in [5.41, 5.74) is 3.80. The van der Waals surface area contributed by atoms with Crippen LogP contribution >= 0.6 is 0 Å². The number of nitrogens with zero attached hydrogens (tertiary/aromatic N) is 3. The summed E-state index contributed by atoms with van der Waals surface area (Å²) >= 11 is 0. The van der Waals surface area contributed by atoms with Crippen LogP contribution in [0.3, 0.4) is 0 Å². The summed E-state index contributed by atoms with van der Waals surface area (Å²) in [7, 11) is 0. The molecule has 0 atom stereocenters.